The maximum absolute atomic E-state index is 5.63. The maximum Gasteiger partial charge on any atom is 0.200 e. The van der Waals surface area contributed by atoms with Crippen molar-refractivity contribution >= 4 is 27.0 Å². The summed E-state index contributed by atoms with van der Waals surface area (Å²) in [7, 11) is 0. The summed E-state index contributed by atoms with van der Waals surface area (Å²) < 4.78 is 6.36. The number of pyridine rings is 1. The molecule has 2 aromatic heterocycles. The van der Waals surface area contributed by atoms with E-state index in [1.165, 1.54) is 0 Å². The van der Waals surface area contributed by atoms with Crippen LogP contribution in [0.25, 0.3) is 11.1 Å². The summed E-state index contributed by atoms with van der Waals surface area (Å²) in [5.74, 6) is 0.737. The number of aromatic nitrogens is 2. The second-order valence-corrected chi connectivity index (χ2v) is 4.97. The molecule has 14 heavy (non-hydrogen) atoms. The minimum absolute atomic E-state index is 0.0710. The first-order valence-corrected chi connectivity index (χ1v) is 5.19. The van der Waals surface area contributed by atoms with E-state index in [-0.39, 0.29) is 5.41 Å². The predicted molar refractivity (Wildman–Crippen MR) is 58.2 cm³/mol. The highest BCUT2D eigenvalue weighted by atomic mass is 79.9. The summed E-state index contributed by atoms with van der Waals surface area (Å²) in [6.45, 7) is 6.21. The summed E-state index contributed by atoms with van der Waals surface area (Å²) in [5.41, 5.74) is 1.49. The van der Waals surface area contributed by atoms with Crippen LogP contribution in [0.4, 0.5) is 0 Å². The minimum Gasteiger partial charge on any atom is -0.440 e. The highest BCUT2D eigenvalue weighted by Crippen LogP contribution is 2.28. The number of oxazole rings is 1. The fourth-order valence-corrected chi connectivity index (χ4v) is 1.55. The van der Waals surface area contributed by atoms with Crippen LogP contribution in [0, 0.1) is 0 Å². The zero-order valence-electron chi connectivity index (χ0n) is 8.34. The Bertz CT molecular complexity index is 470. The van der Waals surface area contributed by atoms with Gasteiger partial charge < -0.3 is 4.42 Å². The Labute approximate surface area is 90.7 Å². The highest BCUT2D eigenvalue weighted by molar-refractivity contribution is 9.10. The van der Waals surface area contributed by atoms with Gasteiger partial charge in [-0.05, 0) is 15.9 Å². The first-order chi connectivity index (χ1) is 6.48. The normalized spacial score (nSPS) is 12.3. The van der Waals surface area contributed by atoms with Gasteiger partial charge in [0.05, 0.1) is 0 Å². The molecule has 0 fully saturated rings. The van der Waals surface area contributed by atoms with Crippen molar-refractivity contribution in [3.8, 4) is 0 Å². The van der Waals surface area contributed by atoms with E-state index in [9.17, 15) is 0 Å². The SMILES string of the molecule is CC(C)(C)c1nc2c(Br)nccc2o1. The van der Waals surface area contributed by atoms with Gasteiger partial charge in [0, 0.05) is 17.7 Å². The van der Waals surface area contributed by atoms with Crippen molar-refractivity contribution in [2.24, 2.45) is 0 Å². The van der Waals surface area contributed by atoms with Crippen LogP contribution in [-0.2, 0) is 5.41 Å². The van der Waals surface area contributed by atoms with E-state index in [1.54, 1.807) is 6.20 Å². The Kier molecular flexibility index (Phi) is 2.10. The molecule has 4 heteroatoms. The number of halogens is 1. The molecule has 2 heterocycles. The van der Waals surface area contributed by atoms with Crippen LogP contribution in [0.2, 0.25) is 0 Å². The van der Waals surface area contributed by atoms with E-state index < -0.39 is 0 Å². The Morgan fingerprint density at radius 2 is 2.07 bits per heavy atom. The predicted octanol–water partition coefficient (Wildman–Crippen LogP) is 3.28. The molecule has 74 valence electrons. The third-order valence-electron chi connectivity index (χ3n) is 1.90. The second kappa shape index (κ2) is 3.05. The van der Waals surface area contributed by atoms with Crippen molar-refractivity contribution in [1.29, 1.82) is 0 Å². The van der Waals surface area contributed by atoms with Crippen LogP contribution in [0.15, 0.2) is 21.3 Å². The van der Waals surface area contributed by atoms with E-state index in [0.717, 1.165) is 21.6 Å². The average molecular weight is 255 g/mol. The molecular formula is C10H11BrN2O. The summed E-state index contributed by atoms with van der Waals surface area (Å²) in [5, 5.41) is 0. The lowest BCUT2D eigenvalue weighted by Crippen LogP contribution is -2.10. The fraction of sp³-hybridized carbons (Fsp3) is 0.400. The molecule has 0 spiro atoms. The third-order valence-corrected chi connectivity index (χ3v) is 2.48. The lowest BCUT2D eigenvalue weighted by Gasteiger charge is -2.11. The summed E-state index contributed by atoms with van der Waals surface area (Å²) in [4.78, 5) is 8.50. The molecule has 0 aromatic carbocycles. The number of hydrogen-bond donors (Lipinski definition) is 0. The van der Waals surface area contributed by atoms with Crippen molar-refractivity contribution < 1.29 is 4.42 Å². The lowest BCUT2D eigenvalue weighted by molar-refractivity contribution is 0.411. The van der Waals surface area contributed by atoms with E-state index in [0.29, 0.717) is 0 Å². The summed E-state index contributed by atoms with van der Waals surface area (Å²) >= 11 is 3.34. The quantitative estimate of drug-likeness (QED) is 0.678. The first-order valence-electron chi connectivity index (χ1n) is 4.40. The van der Waals surface area contributed by atoms with Crippen LogP contribution in [0.5, 0.6) is 0 Å². The molecule has 0 amide bonds. The lowest BCUT2D eigenvalue weighted by atomic mass is 9.97. The Balaban J connectivity index is 2.69. The van der Waals surface area contributed by atoms with E-state index in [2.05, 4.69) is 46.7 Å². The maximum atomic E-state index is 5.63. The van der Waals surface area contributed by atoms with Gasteiger partial charge in [-0.1, -0.05) is 20.8 Å². The van der Waals surface area contributed by atoms with Gasteiger partial charge in [0.25, 0.3) is 0 Å². The molecule has 2 rings (SSSR count). The van der Waals surface area contributed by atoms with Crippen molar-refractivity contribution in [2.45, 2.75) is 26.2 Å². The largest absolute Gasteiger partial charge is 0.440 e. The molecule has 0 atom stereocenters. The molecule has 0 aliphatic carbocycles. The smallest absolute Gasteiger partial charge is 0.200 e. The molecule has 0 unspecified atom stereocenters. The van der Waals surface area contributed by atoms with Crippen molar-refractivity contribution in [3.63, 3.8) is 0 Å². The molecule has 0 radical (unpaired) electrons. The topological polar surface area (TPSA) is 38.9 Å². The molecule has 0 saturated carbocycles. The van der Waals surface area contributed by atoms with Gasteiger partial charge in [0.15, 0.2) is 5.58 Å². The Morgan fingerprint density at radius 3 is 2.64 bits per heavy atom. The number of nitrogens with zero attached hydrogens (tertiary/aromatic N) is 2. The molecule has 2 aromatic rings. The van der Waals surface area contributed by atoms with Crippen molar-refractivity contribution in [1.82, 2.24) is 9.97 Å². The zero-order chi connectivity index (χ0) is 10.3. The van der Waals surface area contributed by atoms with Gasteiger partial charge >= 0.3 is 0 Å². The molecule has 0 bridgehead atoms. The van der Waals surface area contributed by atoms with Crippen LogP contribution in [0.1, 0.15) is 26.7 Å². The van der Waals surface area contributed by atoms with Gasteiger partial charge in [0.2, 0.25) is 5.89 Å². The Hall–Kier alpha value is -0.900. The monoisotopic (exact) mass is 254 g/mol. The van der Waals surface area contributed by atoms with Gasteiger partial charge in [-0.3, -0.25) is 0 Å². The zero-order valence-corrected chi connectivity index (χ0v) is 9.92. The minimum atomic E-state index is -0.0710. The number of rotatable bonds is 0. The van der Waals surface area contributed by atoms with Crippen LogP contribution in [-0.4, -0.2) is 9.97 Å². The molecule has 0 saturated heterocycles. The van der Waals surface area contributed by atoms with Gasteiger partial charge in [0.1, 0.15) is 10.1 Å². The number of fused-ring (bicyclic) bond motifs is 1. The Morgan fingerprint density at radius 1 is 1.36 bits per heavy atom. The molecule has 0 aliphatic heterocycles. The average Bonchev–Trinajstić information content (AvgIpc) is 2.48. The van der Waals surface area contributed by atoms with Crippen LogP contribution >= 0.6 is 15.9 Å². The standard InChI is InChI=1S/C10H11BrN2O/c1-10(2,3)9-13-7-6(14-9)4-5-12-8(7)11/h4-5H,1-3H3. The molecule has 3 nitrogen and oxygen atoms in total. The third kappa shape index (κ3) is 1.54. The molecule has 0 N–H and O–H groups in total. The summed E-state index contributed by atoms with van der Waals surface area (Å²) in [6.07, 6.45) is 1.70. The molecule has 0 aliphatic rings. The fourth-order valence-electron chi connectivity index (χ4n) is 1.15. The van der Waals surface area contributed by atoms with Crippen LogP contribution < -0.4 is 0 Å². The van der Waals surface area contributed by atoms with Crippen molar-refractivity contribution in [2.75, 3.05) is 0 Å². The van der Waals surface area contributed by atoms with E-state index in [1.807, 2.05) is 6.07 Å². The van der Waals surface area contributed by atoms with E-state index in [4.69, 9.17) is 4.42 Å². The van der Waals surface area contributed by atoms with Gasteiger partial charge in [-0.2, -0.15) is 0 Å². The van der Waals surface area contributed by atoms with Gasteiger partial charge in [-0.25, -0.2) is 9.97 Å². The van der Waals surface area contributed by atoms with E-state index >= 15 is 0 Å². The first kappa shape index (κ1) is 9.65. The summed E-state index contributed by atoms with van der Waals surface area (Å²) in [6, 6.07) is 1.82. The highest BCUT2D eigenvalue weighted by Gasteiger charge is 2.21. The second-order valence-electron chi connectivity index (χ2n) is 4.22. The molecular weight excluding hydrogens is 244 g/mol. The van der Waals surface area contributed by atoms with Gasteiger partial charge in [-0.15, -0.1) is 0 Å². The van der Waals surface area contributed by atoms with Crippen molar-refractivity contribution in [3.05, 3.63) is 22.8 Å². The van der Waals surface area contributed by atoms with Crippen LogP contribution in [0.3, 0.4) is 0 Å². The number of hydrogen-bond acceptors (Lipinski definition) is 3.